The van der Waals surface area contributed by atoms with Crippen LogP contribution in [0.1, 0.15) is 0 Å². The van der Waals surface area contributed by atoms with Crippen LogP contribution in [0.2, 0.25) is 0 Å². The van der Waals surface area contributed by atoms with Crippen molar-refractivity contribution in [1.29, 1.82) is 0 Å². The molecule has 0 aliphatic rings. The van der Waals surface area contributed by atoms with Crippen LogP contribution in [0.25, 0.3) is 0 Å². The fraction of sp³-hybridized carbons (Fsp3) is 0.200. The number of anilines is 1. The standard InChI is InChI=1S/C15H14Br2FNO2/c16-10-1-4-13(5-2-10)21-9-12(20)8-19-15-7-11(17)3-6-14(15)18/h1-7,12,19-20H,8-9H2. The van der Waals surface area contributed by atoms with Crippen LogP contribution < -0.4 is 10.1 Å². The van der Waals surface area contributed by atoms with Gasteiger partial charge in [-0.3, -0.25) is 0 Å². The number of rotatable bonds is 6. The number of hydrogen-bond donors (Lipinski definition) is 2. The van der Waals surface area contributed by atoms with Gasteiger partial charge >= 0.3 is 0 Å². The first-order chi connectivity index (χ1) is 10.0. The summed E-state index contributed by atoms with van der Waals surface area (Å²) in [7, 11) is 0. The van der Waals surface area contributed by atoms with Crippen molar-refractivity contribution in [3.05, 3.63) is 57.2 Å². The minimum Gasteiger partial charge on any atom is -0.491 e. The number of benzene rings is 2. The van der Waals surface area contributed by atoms with Gasteiger partial charge in [-0.15, -0.1) is 0 Å². The number of hydrogen-bond acceptors (Lipinski definition) is 3. The molecule has 3 nitrogen and oxygen atoms in total. The second kappa shape index (κ2) is 7.77. The van der Waals surface area contributed by atoms with Crippen LogP contribution in [-0.2, 0) is 0 Å². The molecule has 0 amide bonds. The Morgan fingerprint density at radius 1 is 1.10 bits per heavy atom. The van der Waals surface area contributed by atoms with E-state index in [1.807, 2.05) is 12.1 Å². The highest BCUT2D eigenvalue weighted by Crippen LogP contribution is 2.20. The predicted octanol–water partition coefficient (Wildman–Crippen LogP) is 4.20. The van der Waals surface area contributed by atoms with Gasteiger partial charge < -0.3 is 15.2 Å². The quantitative estimate of drug-likeness (QED) is 0.738. The third kappa shape index (κ3) is 5.30. The van der Waals surface area contributed by atoms with E-state index in [1.165, 1.54) is 6.07 Å². The molecule has 2 N–H and O–H groups in total. The first kappa shape index (κ1) is 16.3. The van der Waals surface area contributed by atoms with E-state index in [0.29, 0.717) is 11.4 Å². The average Bonchev–Trinajstić information content (AvgIpc) is 2.47. The summed E-state index contributed by atoms with van der Waals surface area (Å²) in [5.41, 5.74) is 0.340. The Balaban J connectivity index is 1.80. The average molecular weight is 419 g/mol. The predicted molar refractivity (Wildman–Crippen MR) is 88.2 cm³/mol. The second-order valence-corrected chi connectivity index (χ2v) is 6.26. The molecule has 2 aromatic rings. The Bertz CT molecular complexity index is 593. The normalized spacial score (nSPS) is 12.0. The van der Waals surface area contributed by atoms with Gasteiger partial charge in [-0.2, -0.15) is 0 Å². The second-order valence-electron chi connectivity index (χ2n) is 4.42. The summed E-state index contributed by atoms with van der Waals surface area (Å²) in [6, 6.07) is 11.9. The minimum atomic E-state index is -0.743. The van der Waals surface area contributed by atoms with Gasteiger partial charge in [0, 0.05) is 15.5 Å². The van der Waals surface area contributed by atoms with Crippen molar-refractivity contribution in [2.45, 2.75) is 6.10 Å². The van der Waals surface area contributed by atoms with Crippen LogP contribution in [-0.4, -0.2) is 24.4 Å². The van der Waals surface area contributed by atoms with Crippen molar-refractivity contribution >= 4 is 37.5 Å². The van der Waals surface area contributed by atoms with Crippen molar-refractivity contribution in [1.82, 2.24) is 0 Å². The van der Waals surface area contributed by atoms with Crippen LogP contribution in [0.5, 0.6) is 5.75 Å². The Kier molecular flexibility index (Phi) is 6.02. The Morgan fingerprint density at radius 3 is 2.48 bits per heavy atom. The molecule has 0 saturated heterocycles. The van der Waals surface area contributed by atoms with Crippen LogP contribution in [0.4, 0.5) is 10.1 Å². The van der Waals surface area contributed by atoms with E-state index in [9.17, 15) is 9.50 Å². The molecule has 2 aromatic carbocycles. The maximum Gasteiger partial charge on any atom is 0.146 e. The van der Waals surface area contributed by atoms with E-state index in [1.54, 1.807) is 24.3 Å². The molecule has 0 spiro atoms. The summed E-state index contributed by atoms with van der Waals surface area (Å²) in [5, 5.41) is 12.7. The SMILES string of the molecule is OC(CNc1cc(Br)ccc1F)COc1ccc(Br)cc1. The third-order valence-electron chi connectivity index (χ3n) is 2.71. The van der Waals surface area contributed by atoms with Gasteiger partial charge in [-0.25, -0.2) is 4.39 Å². The topological polar surface area (TPSA) is 41.5 Å². The zero-order chi connectivity index (χ0) is 15.2. The largest absolute Gasteiger partial charge is 0.491 e. The van der Waals surface area contributed by atoms with E-state index in [-0.39, 0.29) is 19.0 Å². The molecule has 2 rings (SSSR count). The molecule has 21 heavy (non-hydrogen) atoms. The maximum atomic E-state index is 13.5. The molecular formula is C15H14Br2FNO2. The first-order valence-electron chi connectivity index (χ1n) is 6.30. The molecule has 1 unspecified atom stereocenters. The fourth-order valence-electron chi connectivity index (χ4n) is 1.64. The Hall–Kier alpha value is -1.11. The number of aliphatic hydroxyl groups is 1. The molecule has 0 aliphatic carbocycles. The van der Waals surface area contributed by atoms with Gasteiger partial charge in [0.1, 0.15) is 24.3 Å². The first-order valence-corrected chi connectivity index (χ1v) is 7.88. The van der Waals surface area contributed by atoms with E-state index < -0.39 is 6.10 Å². The van der Waals surface area contributed by atoms with Crippen molar-refractivity contribution < 1.29 is 14.2 Å². The molecule has 112 valence electrons. The lowest BCUT2D eigenvalue weighted by molar-refractivity contribution is 0.117. The fourth-order valence-corrected chi connectivity index (χ4v) is 2.27. The summed E-state index contributed by atoms with van der Waals surface area (Å²) >= 11 is 6.61. The molecular weight excluding hydrogens is 405 g/mol. The lowest BCUT2D eigenvalue weighted by atomic mass is 10.3. The van der Waals surface area contributed by atoms with Gasteiger partial charge in [0.05, 0.1) is 5.69 Å². The van der Waals surface area contributed by atoms with E-state index >= 15 is 0 Å². The highest BCUT2D eigenvalue weighted by molar-refractivity contribution is 9.10. The van der Waals surface area contributed by atoms with Gasteiger partial charge in [0.25, 0.3) is 0 Å². The molecule has 0 aliphatic heterocycles. The Labute approximate surface area is 139 Å². The van der Waals surface area contributed by atoms with Gasteiger partial charge in [-0.05, 0) is 42.5 Å². The number of nitrogens with one attached hydrogen (secondary N) is 1. The number of aliphatic hydroxyl groups excluding tert-OH is 1. The zero-order valence-electron chi connectivity index (χ0n) is 11.0. The van der Waals surface area contributed by atoms with Gasteiger partial charge in [0.15, 0.2) is 0 Å². The number of ether oxygens (including phenoxy) is 1. The molecule has 0 radical (unpaired) electrons. The molecule has 1 atom stereocenters. The lowest BCUT2D eigenvalue weighted by Crippen LogP contribution is -2.26. The van der Waals surface area contributed by atoms with Gasteiger partial charge in [0.2, 0.25) is 0 Å². The Morgan fingerprint density at radius 2 is 1.76 bits per heavy atom. The molecule has 0 aromatic heterocycles. The van der Waals surface area contributed by atoms with Crippen LogP contribution in [0.3, 0.4) is 0 Å². The number of halogens is 3. The van der Waals surface area contributed by atoms with Gasteiger partial charge in [-0.1, -0.05) is 31.9 Å². The summed E-state index contributed by atoms with van der Waals surface area (Å²) in [6.07, 6.45) is -0.743. The molecule has 0 heterocycles. The van der Waals surface area contributed by atoms with E-state index in [4.69, 9.17) is 4.74 Å². The smallest absolute Gasteiger partial charge is 0.146 e. The minimum absolute atomic E-state index is 0.129. The molecule has 0 bridgehead atoms. The highest BCUT2D eigenvalue weighted by Gasteiger charge is 2.08. The zero-order valence-corrected chi connectivity index (χ0v) is 14.2. The van der Waals surface area contributed by atoms with Crippen LogP contribution >= 0.6 is 31.9 Å². The molecule has 6 heteroatoms. The maximum absolute atomic E-state index is 13.5. The summed E-state index contributed by atoms with van der Waals surface area (Å²) < 4.78 is 20.7. The van der Waals surface area contributed by atoms with Crippen LogP contribution in [0, 0.1) is 5.82 Å². The summed E-state index contributed by atoms with van der Waals surface area (Å²) in [4.78, 5) is 0. The highest BCUT2D eigenvalue weighted by atomic mass is 79.9. The lowest BCUT2D eigenvalue weighted by Gasteiger charge is -2.14. The van der Waals surface area contributed by atoms with Crippen molar-refractivity contribution in [3.8, 4) is 5.75 Å². The van der Waals surface area contributed by atoms with Crippen molar-refractivity contribution in [2.24, 2.45) is 0 Å². The van der Waals surface area contributed by atoms with Crippen molar-refractivity contribution in [3.63, 3.8) is 0 Å². The molecule has 0 fully saturated rings. The van der Waals surface area contributed by atoms with Crippen molar-refractivity contribution in [2.75, 3.05) is 18.5 Å². The third-order valence-corrected chi connectivity index (χ3v) is 3.73. The van der Waals surface area contributed by atoms with E-state index in [2.05, 4.69) is 37.2 Å². The van der Waals surface area contributed by atoms with E-state index in [0.717, 1.165) is 8.95 Å². The summed E-state index contributed by atoms with van der Waals surface area (Å²) in [5.74, 6) is 0.310. The monoisotopic (exact) mass is 417 g/mol. The molecule has 0 saturated carbocycles. The van der Waals surface area contributed by atoms with Crippen LogP contribution in [0.15, 0.2) is 51.4 Å². The summed E-state index contributed by atoms with van der Waals surface area (Å²) in [6.45, 7) is 0.328.